The zero-order valence-electron chi connectivity index (χ0n) is 11.5. The number of carbonyl (C=O) groups excluding carboxylic acids is 2. The molecule has 1 rings (SSSR count). The van der Waals surface area contributed by atoms with Crippen LogP contribution in [0.2, 0.25) is 0 Å². The highest BCUT2D eigenvalue weighted by molar-refractivity contribution is 5.94. The van der Waals surface area contributed by atoms with Gasteiger partial charge in [-0.05, 0) is 31.2 Å². The number of amides is 2. The van der Waals surface area contributed by atoms with E-state index in [0.29, 0.717) is 18.7 Å². The van der Waals surface area contributed by atoms with E-state index in [-0.39, 0.29) is 18.4 Å². The molecule has 0 radical (unpaired) electrons. The third-order valence-electron chi connectivity index (χ3n) is 2.55. The fourth-order valence-corrected chi connectivity index (χ4v) is 1.59. The number of carbonyl (C=O) groups is 2. The van der Waals surface area contributed by atoms with Crippen molar-refractivity contribution < 1.29 is 9.59 Å². The summed E-state index contributed by atoms with van der Waals surface area (Å²) in [6, 6.07) is 7.27. The Kier molecular flexibility index (Phi) is 6.60. The molecule has 0 atom stereocenters. The fourth-order valence-electron chi connectivity index (χ4n) is 1.59. The molecule has 1 aromatic carbocycles. The molecule has 0 aromatic heterocycles. The van der Waals surface area contributed by atoms with Crippen molar-refractivity contribution >= 4 is 11.8 Å². The van der Waals surface area contributed by atoms with Gasteiger partial charge in [-0.3, -0.25) is 9.59 Å². The quantitative estimate of drug-likeness (QED) is 0.677. The van der Waals surface area contributed by atoms with Crippen molar-refractivity contribution in [2.75, 3.05) is 20.1 Å². The van der Waals surface area contributed by atoms with Crippen molar-refractivity contribution in [2.24, 2.45) is 0 Å². The second-order valence-corrected chi connectivity index (χ2v) is 4.26. The first-order chi connectivity index (χ1) is 9.17. The lowest BCUT2D eigenvalue weighted by atomic mass is 10.1. The molecule has 0 saturated carbocycles. The molecule has 5 heteroatoms. The largest absolute Gasteiger partial charge is 0.352 e. The standard InChI is InChI=1S/C14H21N3O2/c1-3-7-16-14(19)12-6-4-5-11(8-12)9-17-13(18)10-15-2/h4-6,8,15H,3,7,9-10H2,1-2H3,(H,16,19)(H,17,18). The van der Waals surface area contributed by atoms with Crippen LogP contribution in [0.4, 0.5) is 0 Å². The van der Waals surface area contributed by atoms with E-state index >= 15 is 0 Å². The Balaban J connectivity index is 2.56. The minimum absolute atomic E-state index is 0.0664. The van der Waals surface area contributed by atoms with Crippen LogP contribution in [0.25, 0.3) is 0 Å². The van der Waals surface area contributed by atoms with Gasteiger partial charge in [0.25, 0.3) is 5.91 Å². The molecule has 0 spiro atoms. The average Bonchev–Trinajstić information content (AvgIpc) is 2.43. The molecule has 19 heavy (non-hydrogen) atoms. The Labute approximate surface area is 113 Å². The first-order valence-corrected chi connectivity index (χ1v) is 6.45. The third-order valence-corrected chi connectivity index (χ3v) is 2.55. The molecule has 0 aliphatic heterocycles. The van der Waals surface area contributed by atoms with E-state index in [0.717, 1.165) is 12.0 Å². The minimum atomic E-state index is -0.0785. The Bertz CT molecular complexity index is 432. The van der Waals surface area contributed by atoms with E-state index < -0.39 is 0 Å². The van der Waals surface area contributed by atoms with Gasteiger partial charge in [-0.25, -0.2) is 0 Å². The lowest BCUT2D eigenvalue weighted by Gasteiger charge is -2.07. The van der Waals surface area contributed by atoms with Gasteiger partial charge in [-0.2, -0.15) is 0 Å². The van der Waals surface area contributed by atoms with Gasteiger partial charge >= 0.3 is 0 Å². The van der Waals surface area contributed by atoms with Crippen LogP contribution in [0.3, 0.4) is 0 Å². The van der Waals surface area contributed by atoms with Crippen LogP contribution in [0, 0.1) is 0 Å². The molecule has 0 aliphatic rings. The van der Waals surface area contributed by atoms with Gasteiger partial charge in [-0.1, -0.05) is 19.1 Å². The van der Waals surface area contributed by atoms with Gasteiger partial charge in [-0.15, -0.1) is 0 Å². The molecule has 2 amide bonds. The summed E-state index contributed by atoms with van der Waals surface area (Å²) in [5, 5.41) is 8.38. The zero-order chi connectivity index (χ0) is 14.1. The molecule has 0 bridgehead atoms. The SMILES string of the molecule is CCCNC(=O)c1cccc(CNC(=O)CNC)c1. The number of nitrogens with one attached hydrogen (secondary N) is 3. The van der Waals surface area contributed by atoms with Gasteiger partial charge in [0.1, 0.15) is 0 Å². The molecular weight excluding hydrogens is 242 g/mol. The molecule has 5 nitrogen and oxygen atoms in total. The summed E-state index contributed by atoms with van der Waals surface area (Å²) in [6.45, 7) is 3.39. The predicted octanol–water partition coefficient (Wildman–Crippen LogP) is 0.662. The molecule has 0 aliphatic carbocycles. The fraction of sp³-hybridized carbons (Fsp3) is 0.429. The van der Waals surface area contributed by atoms with Gasteiger partial charge in [0.2, 0.25) is 5.91 Å². The van der Waals surface area contributed by atoms with E-state index in [2.05, 4.69) is 16.0 Å². The predicted molar refractivity (Wildman–Crippen MR) is 74.8 cm³/mol. The van der Waals surface area contributed by atoms with Crippen LogP contribution in [0.15, 0.2) is 24.3 Å². The maximum absolute atomic E-state index is 11.8. The highest BCUT2D eigenvalue weighted by Crippen LogP contribution is 2.05. The van der Waals surface area contributed by atoms with Gasteiger partial charge in [0, 0.05) is 18.7 Å². The van der Waals surface area contributed by atoms with Crippen LogP contribution in [-0.2, 0) is 11.3 Å². The third kappa shape index (κ3) is 5.52. The average molecular weight is 263 g/mol. The summed E-state index contributed by atoms with van der Waals surface area (Å²) in [6.07, 6.45) is 0.908. The van der Waals surface area contributed by atoms with Crippen LogP contribution in [0.1, 0.15) is 29.3 Å². The Hall–Kier alpha value is -1.88. The number of rotatable bonds is 7. The van der Waals surface area contributed by atoms with E-state index in [1.165, 1.54) is 0 Å². The molecule has 0 heterocycles. The lowest BCUT2D eigenvalue weighted by Crippen LogP contribution is -2.31. The van der Waals surface area contributed by atoms with Crippen molar-refractivity contribution in [1.29, 1.82) is 0 Å². The van der Waals surface area contributed by atoms with Crippen molar-refractivity contribution in [3.63, 3.8) is 0 Å². The molecular formula is C14H21N3O2. The maximum Gasteiger partial charge on any atom is 0.251 e. The lowest BCUT2D eigenvalue weighted by molar-refractivity contribution is -0.120. The maximum atomic E-state index is 11.8. The first kappa shape index (κ1) is 15.2. The topological polar surface area (TPSA) is 70.2 Å². The van der Waals surface area contributed by atoms with Gasteiger partial charge in [0.15, 0.2) is 0 Å². The van der Waals surface area contributed by atoms with Crippen molar-refractivity contribution in [3.8, 4) is 0 Å². The summed E-state index contributed by atoms with van der Waals surface area (Å²) in [4.78, 5) is 23.1. The van der Waals surface area contributed by atoms with E-state index in [4.69, 9.17) is 0 Å². The number of likely N-dealkylation sites (N-methyl/N-ethyl adjacent to an activating group) is 1. The van der Waals surface area contributed by atoms with Crippen molar-refractivity contribution in [3.05, 3.63) is 35.4 Å². The van der Waals surface area contributed by atoms with Crippen LogP contribution in [0.5, 0.6) is 0 Å². The summed E-state index contributed by atoms with van der Waals surface area (Å²) >= 11 is 0. The van der Waals surface area contributed by atoms with E-state index in [1.54, 1.807) is 19.2 Å². The highest BCUT2D eigenvalue weighted by Gasteiger charge is 2.05. The van der Waals surface area contributed by atoms with Crippen LogP contribution >= 0.6 is 0 Å². The van der Waals surface area contributed by atoms with Crippen molar-refractivity contribution in [2.45, 2.75) is 19.9 Å². The second-order valence-electron chi connectivity index (χ2n) is 4.26. The summed E-state index contributed by atoms with van der Waals surface area (Å²) in [5.74, 6) is -0.145. The van der Waals surface area contributed by atoms with E-state index in [9.17, 15) is 9.59 Å². The normalized spacial score (nSPS) is 10.0. The number of benzene rings is 1. The minimum Gasteiger partial charge on any atom is -0.352 e. The highest BCUT2D eigenvalue weighted by atomic mass is 16.2. The Morgan fingerprint density at radius 2 is 2.00 bits per heavy atom. The van der Waals surface area contributed by atoms with Crippen molar-refractivity contribution in [1.82, 2.24) is 16.0 Å². The summed E-state index contributed by atoms with van der Waals surface area (Å²) in [5.41, 5.74) is 1.53. The number of hydrogen-bond donors (Lipinski definition) is 3. The summed E-state index contributed by atoms with van der Waals surface area (Å²) in [7, 11) is 1.72. The summed E-state index contributed by atoms with van der Waals surface area (Å²) < 4.78 is 0. The molecule has 0 fully saturated rings. The Morgan fingerprint density at radius 1 is 1.21 bits per heavy atom. The monoisotopic (exact) mass is 263 g/mol. The molecule has 104 valence electrons. The molecule has 1 aromatic rings. The smallest absolute Gasteiger partial charge is 0.251 e. The molecule has 3 N–H and O–H groups in total. The number of hydrogen-bond acceptors (Lipinski definition) is 3. The van der Waals surface area contributed by atoms with Gasteiger partial charge < -0.3 is 16.0 Å². The second kappa shape index (κ2) is 8.26. The van der Waals surface area contributed by atoms with Gasteiger partial charge in [0.05, 0.1) is 6.54 Å². The molecule has 0 unspecified atom stereocenters. The van der Waals surface area contributed by atoms with Crippen LogP contribution < -0.4 is 16.0 Å². The van der Waals surface area contributed by atoms with E-state index in [1.807, 2.05) is 19.1 Å². The molecule has 0 saturated heterocycles. The van der Waals surface area contributed by atoms with Crippen LogP contribution in [-0.4, -0.2) is 32.0 Å². The zero-order valence-corrected chi connectivity index (χ0v) is 11.5. The first-order valence-electron chi connectivity index (χ1n) is 6.45. The Morgan fingerprint density at radius 3 is 2.68 bits per heavy atom.